The summed E-state index contributed by atoms with van der Waals surface area (Å²) in [6, 6.07) is -0.757. The lowest BCUT2D eigenvalue weighted by atomic mass is 9.97. The smallest absolute Gasteiger partial charge is 0.407 e. The number of carbonyl (C=O) groups is 2. The maximum absolute atomic E-state index is 12.2. The summed E-state index contributed by atoms with van der Waals surface area (Å²) in [6.07, 6.45) is 3.20. The number of hydrogen-bond donors (Lipinski definition) is 2. The third-order valence-electron chi connectivity index (χ3n) is 4.28. The molecule has 2 amide bonds. The van der Waals surface area contributed by atoms with Crippen molar-refractivity contribution in [2.75, 3.05) is 6.54 Å². The molecule has 2 rings (SSSR count). The van der Waals surface area contributed by atoms with Gasteiger partial charge in [-0.3, -0.25) is 14.9 Å². The molecule has 2 N–H and O–H groups in total. The van der Waals surface area contributed by atoms with E-state index in [4.69, 9.17) is 4.74 Å². The molecule has 0 heterocycles. The van der Waals surface area contributed by atoms with E-state index in [2.05, 4.69) is 10.6 Å². The third-order valence-corrected chi connectivity index (χ3v) is 4.28. The Hall–Kier alpha value is -1.86. The second kappa shape index (κ2) is 6.33. The Morgan fingerprint density at radius 2 is 1.91 bits per heavy atom. The van der Waals surface area contributed by atoms with Crippen molar-refractivity contribution in [2.24, 2.45) is 5.92 Å². The Bertz CT molecular complexity index is 494. The first kappa shape index (κ1) is 17.5. The zero-order valence-electron chi connectivity index (χ0n) is 13.9. The second-order valence-corrected chi connectivity index (χ2v) is 7.53. The maximum Gasteiger partial charge on any atom is 0.407 e. The zero-order chi connectivity index (χ0) is 17.3. The Kier molecular flexibility index (Phi) is 4.81. The highest BCUT2D eigenvalue weighted by Crippen LogP contribution is 2.36. The van der Waals surface area contributed by atoms with E-state index >= 15 is 0 Å². The molecule has 2 saturated carbocycles. The van der Waals surface area contributed by atoms with Crippen LogP contribution in [-0.4, -0.2) is 40.7 Å². The van der Waals surface area contributed by atoms with E-state index < -0.39 is 34.1 Å². The molecule has 0 unspecified atom stereocenters. The van der Waals surface area contributed by atoms with Crippen molar-refractivity contribution in [3.8, 4) is 0 Å². The van der Waals surface area contributed by atoms with Crippen LogP contribution in [-0.2, 0) is 9.53 Å². The summed E-state index contributed by atoms with van der Waals surface area (Å²) < 4.78 is 5.20. The summed E-state index contributed by atoms with van der Waals surface area (Å²) in [5.41, 5.74) is -1.10. The molecule has 0 aromatic heterocycles. The molecule has 2 atom stereocenters. The molecule has 8 nitrogen and oxygen atoms in total. The first-order valence-electron chi connectivity index (χ1n) is 8.04. The van der Waals surface area contributed by atoms with Crippen LogP contribution in [0.15, 0.2) is 0 Å². The summed E-state index contributed by atoms with van der Waals surface area (Å²) >= 11 is 0. The number of nitrogens with one attached hydrogen (secondary N) is 2. The van der Waals surface area contributed by atoms with Crippen LogP contribution in [0.1, 0.15) is 52.9 Å². The number of rotatable bonds is 5. The van der Waals surface area contributed by atoms with Crippen molar-refractivity contribution in [1.82, 2.24) is 10.6 Å². The van der Waals surface area contributed by atoms with Crippen molar-refractivity contribution in [2.45, 2.75) is 70.1 Å². The molecule has 2 fully saturated rings. The van der Waals surface area contributed by atoms with Gasteiger partial charge < -0.3 is 15.4 Å². The minimum Gasteiger partial charge on any atom is -0.444 e. The molecule has 8 heteroatoms. The highest BCUT2D eigenvalue weighted by Gasteiger charge is 2.54. The van der Waals surface area contributed by atoms with Crippen LogP contribution >= 0.6 is 0 Å². The van der Waals surface area contributed by atoms with Crippen molar-refractivity contribution < 1.29 is 19.2 Å². The lowest BCUT2D eigenvalue weighted by molar-refractivity contribution is -0.497. The minimum absolute atomic E-state index is 0.278. The van der Waals surface area contributed by atoms with Crippen molar-refractivity contribution in [3.63, 3.8) is 0 Å². The monoisotopic (exact) mass is 327 g/mol. The van der Waals surface area contributed by atoms with Crippen LogP contribution in [0, 0.1) is 16.0 Å². The molecular formula is C15H25N3O5. The maximum atomic E-state index is 12.2. The third kappa shape index (κ3) is 4.80. The van der Waals surface area contributed by atoms with Crippen LogP contribution in [0.4, 0.5) is 4.79 Å². The summed E-state index contributed by atoms with van der Waals surface area (Å²) in [5.74, 6) is -0.816. The average Bonchev–Trinajstić information content (AvgIpc) is 3.10. The fourth-order valence-corrected chi connectivity index (χ4v) is 3.00. The zero-order valence-corrected chi connectivity index (χ0v) is 13.9. The first-order valence-corrected chi connectivity index (χ1v) is 8.04. The Morgan fingerprint density at radius 3 is 2.39 bits per heavy atom. The number of ether oxygens (including phenoxy) is 1. The summed E-state index contributed by atoms with van der Waals surface area (Å²) in [6.45, 7) is 5.63. The highest BCUT2D eigenvalue weighted by molar-refractivity contribution is 5.83. The van der Waals surface area contributed by atoms with E-state index in [1.54, 1.807) is 20.8 Å². The van der Waals surface area contributed by atoms with Gasteiger partial charge in [-0.25, -0.2) is 4.79 Å². The lowest BCUT2D eigenvalue weighted by Crippen LogP contribution is -2.55. The van der Waals surface area contributed by atoms with Crippen molar-refractivity contribution in [3.05, 3.63) is 10.1 Å². The highest BCUT2D eigenvalue weighted by atomic mass is 16.6. The minimum atomic E-state index is -0.757. The first-order chi connectivity index (χ1) is 10.6. The number of nitrogens with zero attached hydrogens (tertiary/aromatic N) is 1. The van der Waals surface area contributed by atoms with Gasteiger partial charge in [0.15, 0.2) is 0 Å². The van der Waals surface area contributed by atoms with Gasteiger partial charge in [0, 0.05) is 17.9 Å². The molecule has 23 heavy (non-hydrogen) atoms. The quantitative estimate of drug-likeness (QED) is 0.588. The molecule has 0 aromatic rings. The normalized spacial score (nSPS) is 25.5. The molecule has 0 spiro atoms. The van der Waals surface area contributed by atoms with Gasteiger partial charge in [-0.05, 0) is 33.6 Å². The number of nitro groups is 1. The largest absolute Gasteiger partial charge is 0.444 e. The fourth-order valence-electron chi connectivity index (χ4n) is 3.00. The molecule has 2 aliphatic carbocycles. The van der Waals surface area contributed by atoms with Gasteiger partial charge in [-0.2, -0.15) is 0 Å². The summed E-state index contributed by atoms with van der Waals surface area (Å²) in [4.78, 5) is 34.3. The number of carbonyl (C=O) groups excluding carboxylic acids is 2. The number of amides is 2. The van der Waals surface area contributed by atoms with E-state index in [0.29, 0.717) is 6.42 Å². The molecule has 2 aliphatic rings. The van der Waals surface area contributed by atoms with Crippen LogP contribution in [0.3, 0.4) is 0 Å². The predicted molar refractivity (Wildman–Crippen MR) is 82.5 cm³/mol. The van der Waals surface area contributed by atoms with Gasteiger partial charge in [-0.15, -0.1) is 0 Å². The molecule has 0 saturated heterocycles. The molecule has 130 valence electrons. The van der Waals surface area contributed by atoms with E-state index in [1.165, 1.54) is 0 Å². The van der Waals surface area contributed by atoms with Gasteiger partial charge in [-0.1, -0.05) is 12.8 Å². The Labute approximate surface area is 135 Å². The summed E-state index contributed by atoms with van der Waals surface area (Å²) in [5, 5.41) is 16.3. The number of alkyl carbamates (subject to hydrolysis) is 1. The second-order valence-electron chi connectivity index (χ2n) is 7.53. The van der Waals surface area contributed by atoms with Crippen molar-refractivity contribution >= 4 is 12.0 Å². The van der Waals surface area contributed by atoms with E-state index in [9.17, 15) is 19.7 Å². The van der Waals surface area contributed by atoms with Gasteiger partial charge in [0.1, 0.15) is 11.5 Å². The molecule has 0 bridgehead atoms. The fraction of sp³-hybridized carbons (Fsp3) is 0.867. The molecular weight excluding hydrogens is 302 g/mol. The lowest BCUT2D eigenvalue weighted by Gasteiger charge is -2.31. The van der Waals surface area contributed by atoms with Crippen LogP contribution in [0.5, 0.6) is 0 Å². The van der Waals surface area contributed by atoms with E-state index in [1.807, 2.05) is 0 Å². The van der Waals surface area contributed by atoms with Gasteiger partial charge in [0.2, 0.25) is 11.9 Å². The Balaban J connectivity index is 1.88. The molecule has 0 aromatic carbocycles. The standard InChI is InChI=1S/C15H25N3O5/c1-14(2,3)23-13(20)16-9-15(6-4-5-7-15)17-12(19)10-8-11(10)18(21)22/h10-11H,4-9H2,1-3H3,(H,16,20)(H,17,19)/t10-,11-/m1/s1. The van der Waals surface area contributed by atoms with Gasteiger partial charge in [0.25, 0.3) is 0 Å². The average molecular weight is 327 g/mol. The van der Waals surface area contributed by atoms with Gasteiger partial charge in [0.05, 0.1) is 5.54 Å². The van der Waals surface area contributed by atoms with Crippen molar-refractivity contribution in [1.29, 1.82) is 0 Å². The van der Waals surface area contributed by atoms with Crippen LogP contribution < -0.4 is 10.6 Å². The van der Waals surface area contributed by atoms with E-state index in [0.717, 1.165) is 25.7 Å². The topological polar surface area (TPSA) is 111 Å². The van der Waals surface area contributed by atoms with E-state index in [-0.39, 0.29) is 12.5 Å². The van der Waals surface area contributed by atoms with Crippen LogP contribution in [0.25, 0.3) is 0 Å². The molecule has 0 radical (unpaired) electrons. The Morgan fingerprint density at radius 1 is 1.30 bits per heavy atom. The predicted octanol–water partition coefficient (Wildman–Crippen LogP) is 1.61. The molecule has 0 aliphatic heterocycles. The SMILES string of the molecule is CC(C)(C)OC(=O)NCC1(NC(=O)[C@@H]2C[C@H]2[N+](=O)[O-])CCCC1. The van der Waals surface area contributed by atoms with Gasteiger partial charge >= 0.3 is 6.09 Å². The summed E-state index contributed by atoms with van der Waals surface area (Å²) in [7, 11) is 0. The van der Waals surface area contributed by atoms with Crippen LogP contribution in [0.2, 0.25) is 0 Å². The number of hydrogen-bond acceptors (Lipinski definition) is 5.